The van der Waals surface area contributed by atoms with Crippen molar-refractivity contribution < 1.29 is 31.8 Å². The molecule has 0 bridgehead atoms. The van der Waals surface area contributed by atoms with Crippen LogP contribution in [0.25, 0.3) is 11.1 Å². The molecule has 4 atom stereocenters. The second kappa shape index (κ2) is 11.0. The molecular formula is C28H32F4O3. The third-order valence-electron chi connectivity index (χ3n) is 7.73. The van der Waals surface area contributed by atoms with Crippen LogP contribution < -0.4 is 9.47 Å². The van der Waals surface area contributed by atoms with E-state index in [2.05, 4.69) is 6.92 Å². The zero-order valence-corrected chi connectivity index (χ0v) is 20.2. The summed E-state index contributed by atoms with van der Waals surface area (Å²) in [5.74, 6) is -5.80. The summed E-state index contributed by atoms with van der Waals surface area (Å²) in [6.07, 6.45) is 8.49. The average Bonchev–Trinajstić information content (AvgIpc) is 3.44. The predicted octanol–water partition coefficient (Wildman–Crippen LogP) is 7.85. The van der Waals surface area contributed by atoms with Crippen LogP contribution in [0.3, 0.4) is 0 Å². The van der Waals surface area contributed by atoms with Crippen molar-refractivity contribution in [3.63, 3.8) is 0 Å². The van der Waals surface area contributed by atoms with Gasteiger partial charge in [0.15, 0.2) is 23.1 Å². The molecule has 7 heteroatoms. The van der Waals surface area contributed by atoms with Crippen molar-refractivity contribution >= 4 is 5.97 Å². The molecule has 4 unspecified atom stereocenters. The molecule has 0 amide bonds. The number of rotatable bonds is 9. The largest absolute Gasteiger partial charge is 0.491 e. The first kappa shape index (κ1) is 25.5. The van der Waals surface area contributed by atoms with Crippen LogP contribution in [0.4, 0.5) is 17.6 Å². The van der Waals surface area contributed by atoms with E-state index in [1.54, 1.807) is 6.92 Å². The second-order valence-electron chi connectivity index (χ2n) is 9.68. The number of unbranched alkanes of at least 4 members (excludes halogenated alkanes) is 2. The van der Waals surface area contributed by atoms with Gasteiger partial charge in [0.2, 0.25) is 11.6 Å². The Bertz CT molecular complexity index is 1070. The van der Waals surface area contributed by atoms with Crippen LogP contribution >= 0.6 is 0 Å². The minimum Gasteiger partial charge on any atom is -0.491 e. The van der Waals surface area contributed by atoms with Crippen molar-refractivity contribution in [1.82, 2.24) is 0 Å². The lowest BCUT2D eigenvalue weighted by atomic mass is 9.86. The van der Waals surface area contributed by atoms with Gasteiger partial charge >= 0.3 is 5.97 Å². The molecule has 0 N–H and O–H groups in total. The maximum absolute atomic E-state index is 14.9. The van der Waals surface area contributed by atoms with Gasteiger partial charge in [-0.15, -0.1) is 0 Å². The molecule has 0 radical (unpaired) electrons. The molecule has 2 fully saturated rings. The first-order valence-electron chi connectivity index (χ1n) is 12.7. The van der Waals surface area contributed by atoms with Crippen LogP contribution in [-0.2, 0) is 4.79 Å². The predicted molar refractivity (Wildman–Crippen MR) is 125 cm³/mol. The summed E-state index contributed by atoms with van der Waals surface area (Å²) in [5, 5.41) is 0. The van der Waals surface area contributed by atoms with E-state index in [1.807, 2.05) is 0 Å². The highest BCUT2D eigenvalue weighted by atomic mass is 19.2. The number of ether oxygens (including phenoxy) is 2. The van der Waals surface area contributed by atoms with E-state index in [0.717, 1.165) is 43.5 Å². The topological polar surface area (TPSA) is 35.5 Å². The number of esters is 1. The molecule has 0 aromatic heterocycles. The van der Waals surface area contributed by atoms with Crippen LogP contribution in [0.5, 0.6) is 11.5 Å². The van der Waals surface area contributed by atoms with Gasteiger partial charge in [0.1, 0.15) is 0 Å². The SMILES string of the molecule is CCCCCC1CCC2C(C(=O)Oc3ccc(-c4ccc(OCC)c(F)c4F)c(F)c3F)CCC12. The van der Waals surface area contributed by atoms with Crippen molar-refractivity contribution in [3.05, 3.63) is 47.5 Å². The lowest BCUT2D eigenvalue weighted by Gasteiger charge is -2.20. The van der Waals surface area contributed by atoms with Crippen LogP contribution in [0, 0.1) is 46.9 Å². The molecule has 2 aliphatic carbocycles. The molecule has 35 heavy (non-hydrogen) atoms. The molecule has 0 spiro atoms. The van der Waals surface area contributed by atoms with E-state index in [0.29, 0.717) is 18.3 Å². The monoisotopic (exact) mass is 492 g/mol. The fourth-order valence-corrected chi connectivity index (χ4v) is 6.04. The number of hydrogen-bond donors (Lipinski definition) is 0. The Morgan fingerprint density at radius 3 is 2.09 bits per heavy atom. The Morgan fingerprint density at radius 2 is 1.43 bits per heavy atom. The van der Waals surface area contributed by atoms with Gasteiger partial charge in [-0.25, -0.2) is 8.78 Å². The van der Waals surface area contributed by atoms with Gasteiger partial charge in [-0.3, -0.25) is 4.79 Å². The van der Waals surface area contributed by atoms with E-state index >= 15 is 0 Å². The minimum absolute atomic E-state index is 0.126. The molecule has 3 nitrogen and oxygen atoms in total. The minimum atomic E-state index is -1.40. The van der Waals surface area contributed by atoms with Crippen molar-refractivity contribution in [1.29, 1.82) is 0 Å². The van der Waals surface area contributed by atoms with Gasteiger partial charge in [0, 0.05) is 11.1 Å². The summed E-state index contributed by atoms with van der Waals surface area (Å²) in [4.78, 5) is 12.9. The standard InChI is InChI=1S/C28H32F4O3/c1-3-5-6-7-16-8-9-18-17(16)10-11-21(18)28(33)35-23-15-13-20(25(30)27(23)32)19-12-14-22(34-4-2)26(31)24(19)29/h12-18,21H,3-11H2,1-2H3. The van der Waals surface area contributed by atoms with E-state index in [4.69, 9.17) is 9.47 Å². The second-order valence-corrected chi connectivity index (χ2v) is 9.68. The summed E-state index contributed by atoms with van der Waals surface area (Å²) in [5.41, 5.74) is -0.910. The number of benzene rings is 2. The van der Waals surface area contributed by atoms with E-state index in [9.17, 15) is 22.4 Å². The normalized spacial score (nSPS) is 23.4. The van der Waals surface area contributed by atoms with Crippen molar-refractivity contribution in [2.75, 3.05) is 6.61 Å². The van der Waals surface area contributed by atoms with Gasteiger partial charge in [-0.1, -0.05) is 32.6 Å². The quantitative estimate of drug-likeness (QED) is 0.155. The third-order valence-corrected chi connectivity index (χ3v) is 7.73. The number of fused-ring (bicyclic) bond motifs is 1. The third kappa shape index (κ3) is 5.05. The number of carbonyl (C=O) groups excluding carboxylic acids is 1. The Labute approximate surface area is 203 Å². The highest BCUT2D eigenvalue weighted by Gasteiger charge is 2.47. The van der Waals surface area contributed by atoms with Gasteiger partial charge in [0.05, 0.1) is 12.5 Å². The number of halogens is 4. The van der Waals surface area contributed by atoms with Crippen molar-refractivity contribution in [2.45, 2.75) is 65.2 Å². The smallest absolute Gasteiger partial charge is 0.314 e. The zero-order chi connectivity index (χ0) is 25.1. The highest BCUT2D eigenvalue weighted by molar-refractivity contribution is 5.76. The molecule has 4 rings (SSSR count). The van der Waals surface area contributed by atoms with Crippen LogP contribution in [0.2, 0.25) is 0 Å². The highest BCUT2D eigenvalue weighted by Crippen LogP contribution is 2.52. The lowest BCUT2D eigenvalue weighted by Crippen LogP contribution is -2.25. The summed E-state index contributed by atoms with van der Waals surface area (Å²) >= 11 is 0. The summed E-state index contributed by atoms with van der Waals surface area (Å²) in [7, 11) is 0. The molecule has 190 valence electrons. The zero-order valence-electron chi connectivity index (χ0n) is 20.2. The maximum atomic E-state index is 14.9. The number of hydrogen-bond acceptors (Lipinski definition) is 3. The summed E-state index contributed by atoms with van der Waals surface area (Å²) < 4.78 is 68.7. The average molecular weight is 493 g/mol. The van der Waals surface area contributed by atoms with Crippen molar-refractivity contribution in [2.24, 2.45) is 23.7 Å². The fourth-order valence-electron chi connectivity index (χ4n) is 6.04. The maximum Gasteiger partial charge on any atom is 0.314 e. The Kier molecular flexibility index (Phi) is 8.02. The lowest BCUT2D eigenvalue weighted by molar-refractivity contribution is -0.140. The number of carbonyl (C=O) groups is 1. The molecular weight excluding hydrogens is 460 g/mol. The van der Waals surface area contributed by atoms with Crippen LogP contribution in [-0.4, -0.2) is 12.6 Å². The fraction of sp³-hybridized carbons (Fsp3) is 0.536. The molecule has 0 saturated heterocycles. The Balaban J connectivity index is 1.47. The summed E-state index contributed by atoms with van der Waals surface area (Å²) in [6, 6.07) is 4.48. The molecule has 2 aromatic carbocycles. The summed E-state index contributed by atoms with van der Waals surface area (Å²) in [6.45, 7) is 3.92. The van der Waals surface area contributed by atoms with Gasteiger partial charge < -0.3 is 9.47 Å². The van der Waals surface area contributed by atoms with Crippen LogP contribution in [0.1, 0.15) is 65.2 Å². The Hall–Kier alpha value is -2.57. The molecule has 0 aliphatic heterocycles. The molecule has 2 aromatic rings. The van der Waals surface area contributed by atoms with E-state index < -0.39 is 46.1 Å². The van der Waals surface area contributed by atoms with Crippen molar-refractivity contribution in [3.8, 4) is 22.6 Å². The van der Waals surface area contributed by atoms with Gasteiger partial charge in [0.25, 0.3) is 0 Å². The van der Waals surface area contributed by atoms with Gasteiger partial charge in [-0.05, 0) is 74.6 Å². The first-order chi connectivity index (χ1) is 16.9. The van der Waals surface area contributed by atoms with Crippen LogP contribution in [0.15, 0.2) is 24.3 Å². The van der Waals surface area contributed by atoms with E-state index in [1.165, 1.54) is 25.7 Å². The molecule has 2 aliphatic rings. The molecule has 0 heterocycles. The molecule has 2 saturated carbocycles. The first-order valence-corrected chi connectivity index (χ1v) is 12.7. The van der Waals surface area contributed by atoms with E-state index in [-0.39, 0.29) is 24.2 Å². The Morgan fingerprint density at radius 1 is 0.800 bits per heavy atom. The van der Waals surface area contributed by atoms with Gasteiger partial charge in [-0.2, -0.15) is 8.78 Å².